The van der Waals surface area contributed by atoms with Crippen LogP contribution in [0.15, 0.2) is 24.3 Å². The largest absolute Gasteiger partial charge is 0.416 e. The Balaban J connectivity index is 0.00000400. The standard InChI is InChI=1S/C14H19F3N2O.ClH/c1-9(18)12(20)19-13(2,3)8-10-4-6-11(7-5-10)14(15,16)17;/h4-7,9H,8,18H2,1-3H3,(H,19,20);1H/t9-;/m0./s1. The van der Waals surface area contributed by atoms with Gasteiger partial charge in [0.2, 0.25) is 5.91 Å². The van der Waals surface area contributed by atoms with Gasteiger partial charge < -0.3 is 11.1 Å². The molecule has 0 heterocycles. The monoisotopic (exact) mass is 324 g/mol. The normalized spacial score (nSPS) is 13.3. The molecule has 0 aliphatic carbocycles. The maximum Gasteiger partial charge on any atom is 0.416 e. The van der Waals surface area contributed by atoms with E-state index in [4.69, 9.17) is 5.73 Å². The van der Waals surface area contributed by atoms with Crippen molar-refractivity contribution in [3.63, 3.8) is 0 Å². The Bertz CT molecular complexity index is 470. The van der Waals surface area contributed by atoms with Crippen molar-refractivity contribution in [3.8, 4) is 0 Å². The summed E-state index contributed by atoms with van der Waals surface area (Å²) < 4.78 is 37.3. The Kier molecular flexibility index (Phi) is 6.70. The molecule has 21 heavy (non-hydrogen) atoms. The van der Waals surface area contributed by atoms with Crippen LogP contribution < -0.4 is 11.1 Å². The second kappa shape index (κ2) is 7.13. The number of amides is 1. The van der Waals surface area contributed by atoms with Gasteiger partial charge in [0.05, 0.1) is 11.6 Å². The number of benzene rings is 1. The van der Waals surface area contributed by atoms with E-state index in [2.05, 4.69) is 5.32 Å². The summed E-state index contributed by atoms with van der Waals surface area (Å²) >= 11 is 0. The van der Waals surface area contributed by atoms with Gasteiger partial charge in [0.25, 0.3) is 0 Å². The number of hydrogen-bond acceptors (Lipinski definition) is 2. The van der Waals surface area contributed by atoms with Gasteiger partial charge in [0.15, 0.2) is 0 Å². The molecular formula is C14H20ClF3N2O. The van der Waals surface area contributed by atoms with Gasteiger partial charge in [0.1, 0.15) is 0 Å². The lowest BCUT2D eigenvalue weighted by atomic mass is 9.94. The SMILES string of the molecule is C[C@H](N)C(=O)NC(C)(C)Cc1ccc(C(F)(F)F)cc1.Cl. The molecule has 1 amide bonds. The zero-order valence-electron chi connectivity index (χ0n) is 12.1. The van der Waals surface area contributed by atoms with Crippen molar-refractivity contribution < 1.29 is 18.0 Å². The van der Waals surface area contributed by atoms with Crippen molar-refractivity contribution in [2.24, 2.45) is 5.73 Å². The summed E-state index contributed by atoms with van der Waals surface area (Å²) in [6.07, 6.45) is -3.92. The molecule has 0 spiro atoms. The second-order valence-electron chi connectivity index (χ2n) is 5.53. The van der Waals surface area contributed by atoms with Crippen LogP contribution in [0, 0.1) is 0 Å². The number of carbonyl (C=O) groups is 1. The lowest BCUT2D eigenvalue weighted by Gasteiger charge is -2.27. The third-order valence-electron chi connectivity index (χ3n) is 2.80. The lowest BCUT2D eigenvalue weighted by Crippen LogP contribution is -2.50. The van der Waals surface area contributed by atoms with Crippen molar-refractivity contribution in [2.45, 2.75) is 44.9 Å². The molecule has 0 saturated carbocycles. The summed E-state index contributed by atoms with van der Waals surface area (Å²) in [5.41, 5.74) is 4.92. The van der Waals surface area contributed by atoms with Crippen LogP contribution in [0.25, 0.3) is 0 Å². The fraction of sp³-hybridized carbons (Fsp3) is 0.500. The van der Waals surface area contributed by atoms with E-state index in [1.54, 1.807) is 20.8 Å². The average molecular weight is 325 g/mol. The molecule has 0 aromatic heterocycles. The highest BCUT2D eigenvalue weighted by Gasteiger charge is 2.30. The molecule has 0 radical (unpaired) electrons. The highest BCUT2D eigenvalue weighted by atomic mass is 35.5. The van der Waals surface area contributed by atoms with Gasteiger partial charge in [-0.1, -0.05) is 12.1 Å². The average Bonchev–Trinajstić information content (AvgIpc) is 2.26. The first kappa shape index (κ1) is 19.7. The van der Waals surface area contributed by atoms with Crippen LogP contribution in [-0.2, 0) is 17.4 Å². The Morgan fingerprint density at radius 1 is 1.24 bits per heavy atom. The van der Waals surface area contributed by atoms with Crippen LogP contribution in [0.5, 0.6) is 0 Å². The third kappa shape index (κ3) is 6.35. The Morgan fingerprint density at radius 2 is 1.71 bits per heavy atom. The summed E-state index contributed by atoms with van der Waals surface area (Å²) in [4.78, 5) is 11.5. The van der Waals surface area contributed by atoms with E-state index in [-0.39, 0.29) is 18.3 Å². The molecule has 1 rings (SSSR count). The first-order chi connectivity index (χ1) is 9.01. The second-order valence-corrected chi connectivity index (χ2v) is 5.53. The fourth-order valence-corrected chi connectivity index (χ4v) is 1.81. The number of carbonyl (C=O) groups excluding carboxylic acids is 1. The van der Waals surface area contributed by atoms with Crippen LogP contribution in [0.3, 0.4) is 0 Å². The van der Waals surface area contributed by atoms with Crippen molar-refractivity contribution in [1.29, 1.82) is 0 Å². The number of alkyl halides is 3. The summed E-state index contributed by atoms with van der Waals surface area (Å²) in [6.45, 7) is 5.17. The molecule has 0 aliphatic heterocycles. The fourth-order valence-electron chi connectivity index (χ4n) is 1.81. The predicted octanol–water partition coefficient (Wildman–Crippen LogP) is 2.91. The molecule has 0 bridgehead atoms. The van der Waals surface area contributed by atoms with Crippen LogP contribution in [0.1, 0.15) is 31.9 Å². The molecule has 3 N–H and O–H groups in total. The third-order valence-corrected chi connectivity index (χ3v) is 2.80. The molecule has 1 aromatic rings. The number of nitrogens with one attached hydrogen (secondary N) is 1. The van der Waals surface area contributed by atoms with Crippen LogP contribution in [0.2, 0.25) is 0 Å². The molecule has 1 aromatic carbocycles. The first-order valence-corrected chi connectivity index (χ1v) is 6.25. The van der Waals surface area contributed by atoms with E-state index >= 15 is 0 Å². The number of nitrogens with two attached hydrogens (primary N) is 1. The molecule has 0 saturated heterocycles. The maximum absolute atomic E-state index is 12.4. The van der Waals surface area contributed by atoms with Gasteiger partial charge in [-0.25, -0.2) is 0 Å². The summed E-state index contributed by atoms with van der Waals surface area (Å²) in [5, 5.41) is 2.76. The van der Waals surface area contributed by atoms with E-state index in [0.29, 0.717) is 12.0 Å². The molecule has 0 fully saturated rings. The molecule has 120 valence electrons. The quantitative estimate of drug-likeness (QED) is 0.894. The molecular weight excluding hydrogens is 305 g/mol. The van der Waals surface area contributed by atoms with E-state index in [1.165, 1.54) is 12.1 Å². The maximum atomic E-state index is 12.4. The van der Waals surface area contributed by atoms with Gasteiger partial charge in [-0.2, -0.15) is 13.2 Å². The van der Waals surface area contributed by atoms with Crippen LogP contribution in [-0.4, -0.2) is 17.5 Å². The van der Waals surface area contributed by atoms with E-state index in [9.17, 15) is 18.0 Å². The van der Waals surface area contributed by atoms with Crippen molar-refractivity contribution in [3.05, 3.63) is 35.4 Å². The molecule has 0 aliphatic rings. The van der Waals surface area contributed by atoms with Crippen molar-refractivity contribution in [2.75, 3.05) is 0 Å². The van der Waals surface area contributed by atoms with Gasteiger partial charge >= 0.3 is 6.18 Å². The van der Waals surface area contributed by atoms with Gasteiger partial charge in [-0.3, -0.25) is 4.79 Å². The smallest absolute Gasteiger partial charge is 0.350 e. The van der Waals surface area contributed by atoms with Crippen molar-refractivity contribution in [1.82, 2.24) is 5.32 Å². The van der Waals surface area contributed by atoms with Gasteiger partial charge in [0, 0.05) is 5.54 Å². The Morgan fingerprint density at radius 3 is 2.10 bits per heavy atom. The minimum atomic E-state index is -4.34. The zero-order valence-corrected chi connectivity index (χ0v) is 12.9. The number of hydrogen-bond donors (Lipinski definition) is 2. The predicted molar refractivity (Wildman–Crippen MR) is 78.3 cm³/mol. The Labute approximate surface area is 128 Å². The van der Waals surface area contributed by atoms with E-state index in [0.717, 1.165) is 12.1 Å². The van der Waals surface area contributed by atoms with Gasteiger partial charge in [-0.05, 0) is 44.9 Å². The summed E-state index contributed by atoms with van der Waals surface area (Å²) in [7, 11) is 0. The first-order valence-electron chi connectivity index (χ1n) is 6.25. The van der Waals surface area contributed by atoms with Crippen molar-refractivity contribution >= 4 is 18.3 Å². The van der Waals surface area contributed by atoms with E-state index in [1.807, 2.05) is 0 Å². The highest BCUT2D eigenvalue weighted by Crippen LogP contribution is 2.29. The molecule has 0 unspecified atom stereocenters. The lowest BCUT2D eigenvalue weighted by molar-refractivity contribution is -0.137. The topological polar surface area (TPSA) is 55.1 Å². The number of halogens is 4. The highest BCUT2D eigenvalue weighted by molar-refractivity contribution is 5.85. The molecule has 1 atom stereocenters. The van der Waals surface area contributed by atoms with E-state index < -0.39 is 23.3 Å². The van der Waals surface area contributed by atoms with Crippen LogP contribution in [0.4, 0.5) is 13.2 Å². The molecule has 7 heteroatoms. The minimum absolute atomic E-state index is 0. The van der Waals surface area contributed by atoms with Crippen LogP contribution >= 0.6 is 12.4 Å². The zero-order chi connectivity index (χ0) is 15.6. The molecule has 3 nitrogen and oxygen atoms in total. The summed E-state index contributed by atoms with van der Waals surface area (Å²) in [6, 6.07) is 4.30. The minimum Gasteiger partial charge on any atom is -0.350 e. The Hall–Kier alpha value is -1.27. The summed E-state index contributed by atoms with van der Waals surface area (Å²) in [5.74, 6) is -0.290. The van der Waals surface area contributed by atoms with Gasteiger partial charge in [-0.15, -0.1) is 12.4 Å². The number of rotatable bonds is 4.